The van der Waals surface area contributed by atoms with Crippen LogP contribution in [0.1, 0.15) is 28.1 Å². The van der Waals surface area contributed by atoms with Crippen LogP contribution in [0.4, 0.5) is 0 Å². The standard InChI is InChI=1S/C22H22N2O3S/c25-21(20-6-4-16-28-20)19-5-3-11-23-22(19)27-18-9-7-17(8-10-18)26-15-14-24-12-1-2-13-24/h3-11,16H,1-2,12-15H2. The summed E-state index contributed by atoms with van der Waals surface area (Å²) >= 11 is 1.41. The monoisotopic (exact) mass is 394 g/mol. The minimum atomic E-state index is -0.0834. The molecule has 1 fully saturated rings. The van der Waals surface area contributed by atoms with Gasteiger partial charge in [0.2, 0.25) is 11.7 Å². The molecule has 1 aliphatic rings. The molecule has 2 aromatic heterocycles. The van der Waals surface area contributed by atoms with Crippen LogP contribution in [0.2, 0.25) is 0 Å². The second kappa shape index (κ2) is 8.99. The van der Waals surface area contributed by atoms with Gasteiger partial charge < -0.3 is 9.47 Å². The molecule has 0 bridgehead atoms. The molecule has 0 saturated carbocycles. The molecule has 5 nitrogen and oxygen atoms in total. The van der Waals surface area contributed by atoms with E-state index in [0.29, 0.717) is 28.7 Å². The molecule has 3 aromatic rings. The summed E-state index contributed by atoms with van der Waals surface area (Å²) in [6.07, 6.45) is 4.20. The van der Waals surface area contributed by atoms with Crippen molar-refractivity contribution in [3.05, 3.63) is 70.5 Å². The molecule has 28 heavy (non-hydrogen) atoms. The summed E-state index contributed by atoms with van der Waals surface area (Å²) in [5, 5.41) is 1.88. The number of thiophene rings is 1. The molecule has 0 amide bonds. The molecular formula is C22H22N2O3S. The van der Waals surface area contributed by atoms with Gasteiger partial charge in [-0.25, -0.2) is 4.98 Å². The zero-order valence-electron chi connectivity index (χ0n) is 15.5. The van der Waals surface area contributed by atoms with Crippen LogP contribution in [0.5, 0.6) is 17.4 Å². The summed E-state index contributed by atoms with van der Waals surface area (Å²) in [5.41, 5.74) is 0.455. The summed E-state index contributed by atoms with van der Waals surface area (Å²) in [6, 6.07) is 14.6. The lowest BCUT2D eigenvalue weighted by Gasteiger charge is -2.15. The molecule has 1 saturated heterocycles. The Balaban J connectivity index is 1.38. The zero-order chi connectivity index (χ0) is 19.2. The van der Waals surface area contributed by atoms with E-state index < -0.39 is 0 Å². The molecule has 6 heteroatoms. The van der Waals surface area contributed by atoms with E-state index in [2.05, 4.69) is 9.88 Å². The highest BCUT2D eigenvalue weighted by atomic mass is 32.1. The lowest BCUT2D eigenvalue weighted by Crippen LogP contribution is -2.25. The number of ketones is 1. The van der Waals surface area contributed by atoms with Gasteiger partial charge >= 0.3 is 0 Å². The maximum atomic E-state index is 12.7. The summed E-state index contributed by atoms with van der Waals surface area (Å²) in [4.78, 5) is 20.0. The van der Waals surface area contributed by atoms with E-state index in [1.165, 1.54) is 37.3 Å². The Hall–Kier alpha value is -2.70. The fourth-order valence-corrected chi connectivity index (χ4v) is 3.88. The number of carbonyl (C=O) groups excluding carboxylic acids is 1. The SMILES string of the molecule is O=C(c1cccs1)c1cccnc1Oc1ccc(OCCN2CCCC2)cc1. The molecule has 0 aliphatic carbocycles. The predicted molar refractivity (Wildman–Crippen MR) is 110 cm³/mol. The van der Waals surface area contributed by atoms with E-state index in [1.807, 2.05) is 35.7 Å². The number of carbonyl (C=O) groups is 1. The molecule has 0 N–H and O–H groups in total. The molecule has 1 aromatic carbocycles. The lowest BCUT2D eigenvalue weighted by atomic mass is 10.1. The number of rotatable bonds is 8. The Morgan fingerprint density at radius 1 is 1.04 bits per heavy atom. The number of aromatic nitrogens is 1. The van der Waals surface area contributed by atoms with Crippen LogP contribution in [-0.4, -0.2) is 41.9 Å². The third-order valence-corrected chi connectivity index (χ3v) is 5.54. The van der Waals surface area contributed by atoms with Crippen molar-refractivity contribution in [1.29, 1.82) is 0 Å². The van der Waals surface area contributed by atoms with E-state index in [1.54, 1.807) is 24.4 Å². The Morgan fingerprint density at radius 3 is 2.57 bits per heavy atom. The van der Waals surface area contributed by atoms with Crippen molar-refractivity contribution < 1.29 is 14.3 Å². The largest absolute Gasteiger partial charge is 0.492 e. The normalized spacial score (nSPS) is 14.1. The average Bonchev–Trinajstić information content (AvgIpc) is 3.44. The van der Waals surface area contributed by atoms with Crippen LogP contribution in [-0.2, 0) is 0 Å². The van der Waals surface area contributed by atoms with Crippen LogP contribution in [0.15, 0.2) is 60.1 Å². The first-order chi connectivity index (χ1) is 13.8. The Morgan fingerprint density at radius 2 is 1.82 bits per heavy atom. The van der Waals surface area contributed by atoms with Crippen LogP contribution in [0.3, 0.4) is 0 Å². The van der Waals surface area contributed by atoms with Gasteiger partial charge in [-0.3, -0.25) is 9.69 Å². The van der Waals surface area contributed by atoms with Crippen LogP contribution < -0.4 is 9.47 Å². The van der Waals surface area contributed by atoms with Gasteiger partial charge in [-0.2, -0.15) is 0 Å². The molecule has 3 heterocycles. The highest BCUT2D eigenvalue weighted by molar-refractivity contribution is 7.12. The summed E-state index contributed by atoms with van der Waals surface area (Å²) in [7, 11) is 0. The number of pyridine rings is 1. The van der Waals surface area contributed by atoms with E-state index >= 15 is 0 Å². The van der Waals surface area contributed by atoms with Gasteiger partial charge in [-0.15, -0.1) is 11.3 Å². The highest BCUT2D eigenvalue weighted by Crippen LogP contribution is 2.27. The van der Waals surface area contributed by atoms with Gasteiger partial charge in [-0.05, 0) is 73.8 Å². The number of likely N-dealkylation sites (tertiary alicyclic amines) is 1. The van der Waals surface area contributed by atoms with Crippen LogP contribution >= 0.6 is 11.3 Å². The predicted octanol–water partition coefficient (Wildman–Crippen LogP) is 4.64. The van der Waals surface area contributed by atoms with Gasteiger partial charge in [0.1, 0.15) is 18.1 Å². The smallest absolute Gasteiger partial charge is 0.230 e. The zero-order valence-corrected chi connectivity index (χ0v) is 16.4. The third kappa shape index (κ3) is 4.58. The topological polar surface area (TPSA) is 51.7 Å². The first kappa shape index (κ1) is 18.7. The maximum Gasteiger partial charge on any atom is 0.230 e. The molecule has 0 atom stereocenters. The van der Waals surface area contributed by atoms with Crippen molar-refractivity contribution in [2.45, 2.75) is 12.8 Å². The summed E-state index contributed by atoms with van der Waals surface area (Å²) in [6.45, 7) is 3.99. The minimum absolute atomic E-state index is 0.0834. The second-order valence-corrected chi connectivity index (χ2v) is 7.58. The first-order valence-corrected chi connectivity index (χ1v) is 10.3. The minimum Gasteiger partial charge on any atom is -0.492 e. The number of hydrogen-bond acceptors (Lipinski definition) is 6. The van der Waals surface area contributed by atoms with Crippen LogP contribution in [0, 0.1) is 0 Å². The van der Waals surface area contributed by atoms with Crippen molar-refractivity contribution in [3.63, 3.8) is 0 Å². The number of ether oxygens (including phenoxy) is 2. The van der Waals surface area contributed by atoms with Crippen molar-refractivity contribution in [1.82, 2.24) is 9.88 Å². The molecule has 0 unspecified atom stereocenters. The lowest BCUT2D eigenvalue weighted by molar-refractivity contribution is 0.103. The Labute approximate surface area is 168 Å². The molecule has 0 radical (unpaired) electrons. The molecule has 144 valence electrons. The van der Waals surface area contributed by atoms with Gasteiger partial charge in [0.05, 0.1) is 10.4 Å². The van der Waals surface area contributed by atoms with E-state index in [4.69, 9.17) is 9.47 Å². The first-order valence-electron chi connectivity index (χ1n) is 9.46. The number of hydrogen-bond donors (Lipinski definition) is 0. The summed E-state index contributed by atoms with van der Waals surface area (Å²) in [5.74, 6) is 1.65. The average molecular weight is 394 g/mol. The Bertz CT molecular complexity index is 904. The molecule has 0 spiro atoms. The number of nitrogens with zero attached hydrogens (tertiary/aromatic N) is 2. The van der Waals surface area contributed by atoms with E-state index in [9.17, 15) is 4.79 Å². The van der Waals surface area contributed by atoms with Crippen molar-refractivity contribution in [2.24, 2.45) is 0 Å². The van der Waals surface area contributed by atoms with Crippen LogP contribution in [0.25, 0.3) is 0 Å². The van der Waals surface area contributed by atoms with E-state index in [-0.39, 0.29) is 5.78 Å². The molecule has 4 rings (SSSR count). The van der Waals surface area contributed by atoms with Crippen molar-refractivity contribution >= 4 is 17.1 Å². The maximum absolute atomic E-state index is 12.7. The highest BCUT2D eigenvalue weighted by Gasteiger charge is 2.17. The quantitative estimate of drug-likeness (QED) is 0.521. The van der Waals surface area contributed by atoms with Gasteiger partial charge in [0.25, 0.3) is 0 Å². The van der Waals surface area contributed by atoms with Crippen molar-refractivity contribution in [3.8, 4) is 17.4 Å². The fourth-order valence-electron chi connectivity index (χ4n) is 3.20. The summed E-state index contributed by atoms with van der Waals surface area (Å²) < 4.78 is 11.7. The number of benzene rings is 1. The third-order valence-electron chi connectivity index (χ3n) is 4.67. The Kier molecular flexibility index (Phi) is 5.99. The molecular weight excluding hydrogens is 372 g/mol. The van der Waals surface area contributed by atoms with Gasteiger partial charge in [-0.1, -0.05) is 6.07 Å². The van der Waals surface area contributed by atoms with Gasteiger partial charge in [0.15, 0.2) is 0 Å². The molecule has 1 aliphatic heterocycles. The fraction of sp³-hybridized carbons (Fsp3) is 0.273. The second-order valence-electron chi connectivity index (χ2n) is 6.63. The van der Waals surface area contributed by atoms with Crippen molar-refractivity contribution in [2.75, 3.05) is 26.2 Å². The van der Waals surface area contributed by atoms with E-state index in [0.717, 1.165) is 12.3 Å². The van der Waals surface area contributed by atoms with Gasteiger partial charge in [0, 0.05) is 12.7 Å².